The van der Waals surface area contributed by atoms with Crippen molar-refractivity contribution in [1.82, 2.24) is 0 Å². The molecule has 3 aromatic rings. The molecule has 0 spiro atoms. The topological polar surface area (TPSA) is 111 Å². The van der Waals surface area contributed by atoms with E-state index in [0.717, 1.165) is 16.7 Å². The Balaban J connectivity index is 1.03. The Labute approximate surface area is 328 Å². The van der Waals surface area contributed by atoms with Crippen LogP contribution < -0.4 is 9.47 Å². The minimum Gasteiger partial charge on any atom is -0.487 e. The van der Waals surface area contributed by atoms with Crippen LogP contribution in [0, 0.1) is 20.8 Å². The van der Waals surface area contributed by atoms with Crippen LogP contribution in [-0.2, 0) is 60.6 Å². The second kappa shape index (κ2) is 32.0. The first-order valence-corrected chi connectivity index (χ1v) is 19.3. The van der Waals surface area contributed by atoms with Crippen LogP contribution in [0.25, 0.3) is 0 Å². The van der Waals surface area contributed by atoms with Crippen LogP contribution >= 0.6 is 0 Å². The molecule has 308 valence electrons. The number of aryl methyl sites for hydroxylation is 3. The zero-order valence-corrected chi connectivity index (χ0v) is 33.3. The van der Waals surface area contributed by atoms with Crippen molar-refractivity contribution in [3.05, 3.63) is 94.5 Å². The van der Waals surface area contributed by atoms with Gasteiger partial charge >= 0.3 is 0 Å². The molecule has 0 saturated heterocycles. The smallest absolute Gasteiger partial charge is 0.161 e. The van der Waals surface area contributed by atoms with E-state index in [-0.39, 0.29) is 0 Å². The number of rotatable bonds is 36. The maximum atomic E-state index is 5.94. The number of hydrogen-bond acceptors (Lipinski definition) is 12. The van der Waals surface area contributed by atoms with Gasteiger partial charge in [-0.25, -0.2) is 0 Å². The molecule has 3 rings (SSSR count). The molecule has 0 fully saturated rings. The van der Waals surface area contributed by atoms with Crippen molar-refractivity contribution in [2.45, 2.75) is 34.0 Å². The van der Waals surface area contributed by atoms with E-state index in [1.165, 1.54) is 11.1 Å². The molecule has 0 heterocycles. The summed E-state index contributed by atoms with van der Waals surface area (Å²) < 4.78 is 67.7. The zero-order chi connectivity index (χ0) is 38.9. The Morgan fingerprint density at radius 3 is 0.891 bits per heavy atom. The normalized spacial score (nSPS) is 11.3. The fourth-order valence-corrected chi connectivity index (χ4v) is 4.78. The molecule has 0 aliphatic rings. The second-order valence-electron chi connectivity index (χ2n) is 12.6. The largest absolute Gasteiger partial charge is 0.487 e. The molecule has 0 aliphatic heterocycles. The molecule has 12 nitrogen and oxygen atoms in total. The summed E-state index contributed by atoms with van der Waals surface area (Å²) >= 11 is 0. The van der Waals surface area contributed by atoms with Gasteiger partial charge in [-0.2, -0.15) is 0 Å². The molecule has 0 unspecified atom stereocenters. The molecule has 12 heteroatoms. The van der Waals surface area contributed by atoms with E-state index in [1.54, 1.807) is 0 Å². The van der Waals surface area contributed by atoms with Gasteiger partial charge in [0.25, 0.3) is 0 Å². The van der Waals surface area contributed by atoms with E-state index in [4.69, 9.17) is 56.8 Å². The molecule has 0 radical (unpaired) electrons. The van der Waals surface area contributed by atoms with Crippen LogP contribution in [0.5, 0.6) is 11.5 Å². The average molecular weight is 773 g/mol. The highest BCUT2D eigenvalue weighted by atomic mass is 16.6. The third-order valence-corrected chi connectivity index (χ3v) is 7.82. The van der Waals surface area contributed by atoms with Crippen molar-refractivity contribution in [2.75, 3.05) is 132 Å². The van der Waals surface area contributed by atoms with Crippen LogP contribution in [0.1, 0.15) is 27.8 Å². The molecule has 0 bridgehead atoms. The molecular formula is C43H64O12. The summed E-state index contributed by atoms with van der Waals surface area (Å²) in [6.07, 6.45) is 0. The highest BCUT2D eigenvalue weighted by Crippen LogP contribution is 2.28. The Bertz CT molecular complexity index is 1320. The van der Waals surface area contributed by atoms with Gasteiger partial charge in [0.05, 0.1) is 132 Å². The van der Waals surface area contributed by atoms with Crippen LogP contribution in [0.2, 0.25) is 0 Å². The molecule has 0 atom stereocenters. The van der Waals surface area contributed by atoms with Crippen molar-refractivity contribution >= 4 is 0 Å². The average Bonchev–Trinajstić information content (AvgIpc) is 3.19. The van der Waals surface area contributed by atoms with Crippen molar-refractivity contribution in [2.24, 2.45) is 0 Å². The first-order valence-electron chi connectivity index (χ1n) is 19.3. The van der Waals surface area contributed by atoms with Gasteiger partial charge in [0.1, 0.15) is 13.2 Å². The summed E-state index contributed by atoms with van der Waals surface area (Å²) in [4.78, 5) is 0. The van der Waals surface area contributed by atoms with Gasteiger partial charge in [0.15, 0.2) is 11.5 Å². The SMILES string of the molecule is Cc1ccc(COCCOCCOCCOCCOCCOc2ccc(C)cc2OCCOCCOCCOCCOCCOCc2ccc(C)cc2)cc1. The predicted octanol–water partition coefficient (Wildman–Crippen LogP) is 5.94. The van der Waals surface area contributed by atoms with Gasteiger partial charge in [0.2, 0.25) is 0 Å². The lowest BCUT2D eigenvalue weighted by Crippen LogP contribution is -2.15. The third kappa shape index (κ3) is 24.9. The molecular weight excluding hydrogens is 708 g/mol. The summed E-state index contributed by atoms with van der Waals surface area (Å²) in [6.45, 7) is 17.2. The van der Waals surface area contributed by atoms with Crippen LogP contribution in [0.3, 0.4) is 0 Å². The highest BCUT2D eigenvalue weighted by Gasteiger charge is 2.06. The Kier molecular flexibility index (Phi) is 26.9. The fourth-order valence-electron chi connectivity index (χ4n) is 4.78. The predicted molar refractivity (Wildman–Crippen MR) is 210 cm³/mol. The van der Waals surface area contributed by atoms with Crippen LogP contribution in [0.4, 0.5) is 0 Å². The van der Waals surface area contributed by atoms with Gasteiger partial charge in [-0.15, -0.1) is 0 Å². The van der Waals surface area contributed by atoms with Crippen molar-refractivity contribution in [3.63, 3.8) is 0 Å². The van der Waals surface area contributed by atoms with Crippen LogP contribution in [-0.4, -0.2) is 132 Å². The number of benzene rings is 3. The quantitative estimate of drug-likeness (QED) is 0.0653. The lowest BCUT2D eigenvalue weighted by Gasteiger charge is -2.14. The highest BCUT2D eigenvalue weighted by molar-refractivity contribution is 5.42. The lowest BCUT2D eigenvalue weighted by atomic mass is 10.2. The Morgan fingerprint density at radius 2 is 0.545 bits per heavy atom. The van der Waals surface area contributed by atoms with E-state index in [9.17, 15) is 0 Å². The Hall–Kier alpha value is -3.14. The van der Waals surface area contributed by atoms with Gasteiger partial charge < -0.3 is 56.8 Å². The first-order chi connectivity index (χ1) is 27.1. The summed E-state index contributed by atoms with van der Waals surface area (Å²) in [5, 5.41) is 0. The summed E-state index contributed by atoms with van der Waals surface area (Å²) in [6, 6.07) is 22.5. The van der Waals surface area contributed by atoms with E-state index < -0.39 is 0 Å². The second-order valence-corrected chi connectivity index (χ2v) is 12.6. The van der Waals surface area contributed by atoms with Crippen LogP contribution in [0.15, 0.2) is 66.7 Å². The van der Waals surface area contributed by atoms with Crippen molar-refractivity contribution < 1.29 is 56.8 Å². The summed E-state index contributed by atoms with van der Waals surface area (Å²) in [5.74, 6) is 1.34. The Morgan fingerprint density at radius 1 is 0.273 bits per heavy atom. The molecule has 0 aliphatic carbocycles. The van der Waals surface area contributed by atoms with Gasteiger partial charge in [0, 0.05) is 0 Å². The fraction of sp³-hybridized carbons (Fsp3) is 0.581. The minimum absolute atomic E-state index is 0.397. The van der Waals surface area contributed by atoms with E-state index in [2.05, 4.69) is 62.4 Å². The van der Waals surface area contributed by atoms with E-state index >= 15 is 0 Å². The van der Waals surface area contributed by atoms with E-state index in [1.807, 2.05) is 25.1 Å². The van der Waals surface area contributed by atoms with Crippen molar-refractivity contribution in [3.8, 4) is 11.5 Å². The van der Waals surface area contributed by atoms with E-state index in [0.29, 0.717) is 157 Å². The molecule has 55 heavy (non-hydrogen) atoms. The molecule has 0 aromatic heterocycles. The molecule has 3 aromatic carbocycles. The summed E-state index contributed by atoms with van der Waals surface area (Å²) in [7, 11) is 0. The third-order valence-electron chi connectivity index (χ3n) is 7.82. The zero-order valence-electron chi connectivity index (χ0n) is 33.3. The first kappa shape index (κ1) is 46.2. The van der Waals surface area contributed by atoms with Gasteiger partial charge in [-0.1, -0.05) is 65.7 Å². The lowest BCUT2D eigenvalue weighted by molar-refractivity contribution is -0.0144. The van der Waals surface area contributed by atoms with Gasteiger partial charge in [-0.3, -0.25) is 0 Å². The number of ether oxygens (including phenoxy) is 12. The monoisotopic (exact) mass is 772 g/mol. The van der Waals surface area contributed by atoms with Gasteiger partial charge in [-0.05, 0) is 49.6 Å². The van der Waals surface area contributed by atoms with Crippen molar-refractivity contribution in [1.29, 1.82) is 0 Å². The summed E-state index contributed by atoms with van der Waals surface area (Å²) in [5.41, 5.74) is 5.90. The molecule has 0 saturated carbocycles. The molecule has 0 amide bonds. The minimum atomic E-state index is 0.397. The maximum Gasteiger partial charge on any atom is 0.161 e. The molecule has 0 N–H and O–H groups in total. The standard InChI is InChI=1S/C43H64O12/c1-37-4-9-40(10-5-37)35-52-28-26-48-20-18-44-14-16-46-22-24-50-30-32-54-42-13-8-39(3)34-43(42)55-33-31-51-25-23-47-17-15-45-19-21-49-27-29-53-36-41-11-6-38(2)7-12-41/h4-13,34H,14-33,35-36H2,1-3H3. The number of hydrogen-bond donors (Lipinski definition) is 0. The maximum absolute atomic E-state index is 5.94.